The van der Waals surface area contributed by atoms with Crippen molar-refractivity contribution in [2.24, 2.45) is 23.2 Å². The minimum Gasteiger partial charge on any atom is -0.275 e. The van der Waals surface area contributed by atoms with E-state index in [1.165, 1.54) is 19.3 Å². The second-order valence-electron chi connectivity index (χ2n) is 7.41. The van der Waals surface area contributed by atoms with Crippen LogP contribution in [-0.2, 0) is 9.59 Å². The second-order valence-corrected chi connectivity index (χ2v) is 7.41. The van der Waals surface area contributed by atoms with Crippen LogP contribution in [0.2, 0.25) is 0 Å². The van der Waals surface area contributed by atoms with Crippen molar-refractivity contribution in [2.45, 2.75) is 65.3 Å². The number of imide groups is 1. The fourth-order valence-electron chi connectivity index (χ4n) is 5.03. The zero-order valence-corrected chi connectivity index (χ0v) is 12.5. The molecule has 2 aliphatic carbocycles. The number of rotatable bonds is 2. The van der Waals surface area contributed by atoms with Crippen LogP contribution in [0.25, 0.3) is 0 Å². The summed E-state index contributed by atoms with van der Waals surface area (Å²) in [4.78, 5) is 26.4. The van der Waals surface area contributed by atoms with Crippen LogP contribution in [-0.4, -0.2) is 22.3 Å². The molecule has 0 radical (unpaired) electrons. The third kappa shape index (κ3) is 1.34. The normalized spacial score (nSPS) is 40.6. The molecule has 106 valence electrons. The summed E-state index contributed by atoms with van der Waals surface area (Å²) in [5, 5.41) is 0. The molecule has 0 aromatic carbocycles. The van der Waals surface area contributed by atoms with Gasteiger partial charge in [0.15, 0.2) is 0 Å². The standard InChI is InChI=1S/C16H25NO2/c1-5-10(2)14(19)17-13(18)9-16(17)12-7-6-11(8-12)15(16,3)4/h10-12H,5-9H2,1-4H3. The van der Waals surface area contributed by atoms with Crippen molar-refractivity contribution in [3.05, 3.63) is 0 Å². The van der Waals surface area contributed by atoms with E-state index in [9.17, 15) is 9.59 Å². The van der Waals surface area contributed by atoms with E-state index in [1.807, 2.05) is 13.8 Å². The van der Waals surface area contributed by atoms with Crippen molar-refractivity contribution in [1.29, 1.82) is 0 Å². The average molecular weight is 263 g/mol. The number of hydrogen-bond acceptors (Lipinski definition) is 2. The van der Waals surface area contributed by atoms with E-state index in [0.29, 0.717) is 18.3 Å². The Balaban J connectivity index is 1.97. The molecule has 0 aromatic heterocycles. The van der Waals surface area contributed by atoms with E-state index in [-0.39, 0.29) is 28.7 Å². The zero-order chi connectivity index (χ0) is 14.0. The first-order chi connectivity index (χ1) is 8.86. The topological polar surface area (TPSA) is 37.4 Å². The van der Waals surface area contributed by atoms with E-state index in [4.69, 9.17) is 0 Å². The molecule has 0 N–H and O–H groups in total. The van der Waals surface area contributed by atoms with Gasteiger partial charge in [-0.2, -0.15) is 0 Å². The molecule has 4 unspecified atom stereocenters. The van der Waals surface area contributed by atoms with E-state index in [1.54, 1.807) is 4.90 Å². The maximum absolute atomic E-state index is 12.6. The number of fused-ring (bicyclic) bond motifs is 3. The molecule has 3 nitrogen and oxygen atoms in total. The van der Waals surface area contributed by atoms with Gasteiger partial charge in [-0.15, -0.1) is 0 Å². The summed E-state index contributed by atoms with van der Waals surface area (Å²) >= 11 is 0. The minimum atomic E-state index is -0.145. The van der Waals surface area contributed by atoms with Crippen molar-refractivity contribution in [3.8, 4) is 0 Å². The quantitative estimate of drug-likeness (QED) is 0.718. The van der Waals surface area contributed by atoms with E-state index in [2.05, 4.69) is 13.8 Å². The highest BCUT2D eigenvalue weighted by Gasteiger charge is 2.72. The lowest BCUT2D eigenvalue weighted by atomic mass is 9.57. The summed E-state index contributed by atoms with van der Waals surface area (Å²) in [5.74, 6) is 1.34. The van der Waals surface area contributed by atoms with Gasteiger partial charge in [-0.05, 0) is 42.9 Å². The van der Waals surface area contributed by atoms with Gasteiger partial charge in [0.1, 0.15) is 0 Å². The predicted molar refractivity (Wildman–Crippen MR) is 73.3 cm³/mol. The number of likely N-dealkylation sites (tertiary alicyclic amines) is 1. The first-order valence-electron chi connectivity index (χ1n) is 7.73. The van der Waals surface area contributed by atoms with E-state index in [0.717, 1.165) is 6.42 Å². The molecule has 1 saturated heterocycles. The Bertz CT molecular complexity index is 442. The lowest BCUT2D eigenvalue weighted by Gasteiger charge is -2.61. The molecule has 3 fully saturated rings. The van der Waals surface area contributed by atoms with Gasteiger partial charge in [0.2, 0.25) is 11.8 Å². The molecular formula is C16H25NO2. The Morgan fingerprint density at radius 2 is 2.00 bits per heavy atom. The highest BCUT2D eigenvalue weighted by molar-refractivity contribution is 6.03. The van der Waals surface area contributed by atoms with Crippen LogP contribution in [0, 0.1) is 23.2 Å². The molecule has 1 heterocycles. The molecule has 4 atom stereocenters. The van der Waals surface area contributed by atoms with Gasteiger partial charge >= 0.3 is 0 Å². The van der Waals surface area contributed by atoms with Gasteiger partial charge in [0.25, 0.3) is 0 Å². The molecule has 3 rings (SSSR count). The van der Waals surface area contributed by atoms with Crippen molar-refractivity contribution >= 4 is 11.8 Å². The van der Waals surface area contributed by atoms with Gasteiger partial charge in [-0.1, -0.05) is 27.7 Å². The number of β-lactam (4-membered cyclic amide) rings is 1. The van der Waals surface area contributed by atoms with Gasteiger partial charge in [-0.3, -0.25) is 14.5 Å². The monoisotopic (exact) mass is 263 g/mol. The molecule has 2 amide bonds. The SMILES string of the molecule is CCC(C)C(=O)N1C(=O)CC12C1CCC(C1)C2(C)C. The lowest BCUT2D eigenvalue weighted by Crippen LogP contribution is -2.74. The highest BCUT2D eigenvalue weighted by Crippen LogP contribution is 2.68. The highest BCUT2D eigenvalue weighted by atomic mass is 16.2. The summed E-state index contributed by atoms with van der Waals surface area (Å²) in [5.41, 5.74) is -0.0412. The van der Waals surface area contributed by atoms with Crippen molar-refractivity contribution in [2.75, 3.05) is 0 Å². The van der Waals surface area contributed by atoms with Crippen molar-refractivity contribution in [3.63, 3.8) is 0 Å². The van der Waals surface area contributed by atoms with Crippen LogP contribution in [0.5, 0.6) is 0 Å². The zero-order valence-electron chi connectivity index (χ0n) is 12.5. The van der Waals surface area contributed by atoms with Crippen LogP contribution < -0.4 is 0 Å². The Hall–Kier alpha value is -0.860. The molecule has 0 aromatic rings. The number of nitrogens with zero attached hydrogens (tertiary/aromatic N) is 1. The summed E-state index contributed by atoms with van der Waals surface area (Å²) < 4.78 is 0. The molecule has 3 heteroatoms. The number of amides is 2. The van der Waals surface area contributed by atoms with Crippen LogP contribution in [0.15, 0.2) is 0 Å². The Labute approximate surface area is 115 Å². The fourth-order valence-corrected chi connectivity index (χ4v) is 5.03. The van der Waals surface area contributed by atoms with E-state index < -0.39 is 0 Å². The van der Waals surface area contributed by atoms with Crippen LogP contribution in [0.1, 0.15) is 59.8 Å². The first-order valence-corrected chi connectivity index (χ1v) is 7.73. The van der Waals surface area contributed by atoms with Crippen LogP contribution in [0.3, 0.4) is 0 Å². The molecule has 1 aliphatic heterocycles. The largest absolute Gasteiger partial charge is 0.275 e. The third-order valence-electron chi connectivity index (χ3n) is 6.57. The molecule has 19 heavy (non-hydrogen) atoms. The predicted octanol–water partition coefficient (Wildman–Crippen LogP) is 2.99. The maximum Gasteiger partial charge on any atom is 0.232 e. The lowest BCUT2D eigenvalue weighted by molar-refractivity contribution is -0.189. The Kier molecular flexibility index (Phi) is 2.65. The van der Waals surface area contributed by atoms with Crippen molar-refractivity contribution < 1.29 is 9.59 Å². The molecule has 2 saturated carbocycles. The second kappa shape index (κ2) is 3.83. The van der Waals surface area contributed by atoms with Crippen LogP contribution in [0.4, 0.5) is 0 Å². The number of hydrogen-bond donors (Lipinski definition) is 0. The van der Waals surface area contributed by atoms with E-state index >= 15 is 0 Å². The molecular weight excluding hydrogens is 238 g/mol. The summed E-state index contributed by atoms with van der Waals surface area (Å²) in [7, 11) is 0. The Morgan fingerprint density at radius 1 is 1.37 bits per heavy atom. The molecule has 3 aliphatic rings. The Morgan fingerprint density at radius 3 is 2.47 bits per heavy atom. The van der Waals surface area contributed by atoms with Gasteiger partial charge in [0, 0.05) is 5.92 Å². The fraction of sp³-hybridized carbons (Fsp3) is 0.875. The van der Waals surface area contributed by atoms with Crippen LogP contribution >= 0.6 is 0 Å². The summed E-state index contributed by atoms with van der Waals surface area (Å²) in [6.07, 6.45) is 5.10. The smallest absolute Gasteiger partial charge is 0.232 e. The third-order valence-corrected chi connectivity index (χ3v) is 6.57. The van der Waals surface area contributed by atoms with Crippen molar-refractivity contribution in [1.82, 2.24) is 4.90 Å². The van der Waals surface area contributed by atoms with Gasteiger partial charge in [0.05, 0.1) is 12.0 Å². The molecule has 1 spiro atoms. The number of carbonyl (C=O) groups excluding carboxylic acids is 2. The summed E-state index contributed by atoms with van der Waals surface area (Å²) in [6.45, 7) is 8.52. The molecule has 2 bridgehead atoms. The minimum absolute atomic E-state index is 0.0314. The first kappa shape index (κ1) is 13.1. The maximum atomic E-state index is 12.6. The van der Waals surface area contributed by atoms with Gasteiger partial charge < -0.3 is 0 Å². The summed E-state index contributed by atoms with van der Waals surface area (Å²) in [6, 6.07) is 0. The average Bonchev–Trinajstić information content (AvgIpc) is 2.89. The number of carbonyl (C=O) groups is 2. The van der Waals surface area contributed by atoms with Gasteiger partial charge in [-0.25, -0.2) is 0 Å².